The number of carbonyl (C=O) groups excluding carboxylic acids is 2. The summed E-state index contributed by atoms with van der Waals surface area (Å²) in [5.41, 5.74) is 5.26. The number of piperazine rings is 1. The Labute approximate surface area is 190 Å². The molecule has 0 saturated carbocycles. The van der Waals surface area contributed by atoms with E-state index in [9.17, 15) is 9.59 Å². The van der Waals surface area contributed by atoms with Crippen molar-refractivity contribution in [3.8, 4) is 5.75 Å². The Morgan fingerprint density at radius 3 is 2.50 bits per heavy atom. The lowest BCUT2D eigenvalue weighted by Crippen LogP contribution is -2.49. The first-order chi connectivity index (χ1) is 15.3. The van der Waals surface area contributed by atoms with Crippen LogP contribution in [0.15, 0.2) is 30.5 Å². The number of carbonyl (C=O) groups is 2. The van der Waals surface area contributed by atoms with E-state index in [0.717, 1.165) is 42.9 Å². The van der Waals surface area contributed by atoms with Crippen LogP contribution in [0.4, 0.5) is 0 Å². The molecule has 0 radical (unpaired) electrons. The zero-order chi connectivity index (χ0) is 23.0. The summed E-state index contributed by atoms with van der Waals surface area (Å²) in [5.74, 6) is 0.888. The second-order valence-electron chi connectivity index (χ2n) is 9.16. The smallest absolute Gasteiger partial charge is 0.255 e. The van der Waals surface area contributed by atoms with Crippen molar-refractivity contribution in [3.63, 3.8) is 0 Å². The highest BCUT2D eigenvalue weighted by Crippen LogP contribution is 2.39. The predicted molar refractivity (Wildman–Crippen MR) is 124 cm³/mol. The Morgan fingerprint density at radius 1 is 1.12 bits per heavy atom. The molecule has 0 unspecified atom stereocenters. The number of nitrogens with zero attached hydrogens (tertiary/aromatic N) is 3. The molecule has 1 aromatic heterocycles. The number of likely N-dealkylation sites (tertiary alicyclic amines) is 2. The van der Waals surface area contributed by atoms with Gasteiger partial charge in [-0.2, -0.15) is 0 Å². The third-order valence-electron chi connectivity index (χ3n) is 7.14. The highest BCUT2D eigenvalue weighted by Gasteiger charge is 2.47. The van der Waals surface area contributed by atoms with Gasteiger partial charge >= 0.3 is 0 Å². The molecule has 0 N–H and O–H groups in total. The van der Waals surface area contributed by atoms with E-state index in [-0.39, 0.29) is 30.4 Å². The summed E-state index contributed by atoms with van der Waals surface area (Å²) in [6, 6.07) is 8.84. The van der Waals surface area contributed by atoms with Gasteiger partial charge in [-0.3, -0.25) is 19.5 Å². The Morgan fingerprint density at radius 2 is 1.91 bits per heavy atom. The molecule has 6 heteroatoms. The van der Waals surface area contributed by atoms with Crippen LogP contribution in [-0.2, 0) is 11.2 Å². The number of benzene rings is 1. The molecule has 0 aliphatic carbocycles. The van der Waals surface area contributed by atoms with E-state index < -0.39 is 0 Å². The Kier molecular flexibility index (Phi) is 6.33. The zero-order valence-electron chi connectivity index (χ0n) is 19.7. The lowest BCUT2D eigenvalue weighted by atomic mass is 9.96. The van der Waals surface area contributed by atoms with Gasteiger partial charge in [0.15, 0.2) is 5.78 Å². The second-order valence-corrected chi connectivity index (χ2v) is 9.16. The molecule has 32 heavy (non-hydrogen) atoms. The minimum absolute atomic E-state index is 0.0174. The minimum Gasteiger partial charge on any atom is -0.486 e. The maximum absolute atomic E-state index is 13.1. The van der Waals surface area contributed by atoms with Crippen molar-refractivity contribution in [1.29, 1.82) is 0 Å². The fourth-order valence-corrected chi connectivity index (χ4v) is 5.13. The summed E-state index contributed by atoms with van der Waals surface area (Å²) in [6.07, 6.45) is 3.61. The molecule has 2 aliphatic heterocycles. The van der Waals surface area contributed by atoms with Crippen molar-refractivity contribution < 1.29 is 14.3 Å². The van der Waals surface area contributed by atoms with E-state index in [1.54, 1.807) is 6.20 Å². The van der Waals surface area contributed by atoms with E-state index in [4.69, 9.17) is 4.74 Å². The van der Waals surface area contributed by atoms with Gasteiger partial charge in [-0.15, -0.1) is 0 Å². The molecule has 2 aliphatic rings. The molecule has 1 aromatic carbocycles. The molecule has 6 nitrogen and oxygen atoms in total. The monoisotopic (exact) mass is 435 g/mol. The van der Waals surface area contributed by atoms with Crippen LogP contribution in [0.5, 0.6) is 5.75 Å². The SMILES string of the molecule is CCc1ccc(C(=O)N2C[C@H]3C[C@@H]2CN3[C@@H](C)c2ccc(OCC(C)=O)c(C)c2C)cn1. The zero-order valence-corrected chi connectivity index (χ0v) is 19.7. The van der Waals surface area contributed by atoms with Gasteiger partial charge in [-0.25, -0.2) is 0 Å². The van der Waals surface area contributed by atoms with Gasteiger partial charge in [0.1, 0.15) is 12.4 Å². The van der Waals surface area contributed by atoms with Crippen LogP contribution in [-0.4, -0.2) is 58.3 Å². The lowest BCUT2D eigenvalue weighted by molar-refractivity contribution is -0.118. The average molecular weight is 436 g/mol. The number of ketones is 1. The van der Waals surface area contributed by atoms with Crippen LogP contribution in [0.25, 0.3) is 0 Å². The fourth-order valence-electron chi connectivity index (χ4n) is 5.13. The molecule has 2 aromatic rings. The van der Waals surface area contributed by atoms with E-state index in [1.165, 1.54) is 18.1 Å². The van der Waals surface area contributed by atoms with Crippen molar-refractivity contribution in [2.24, 2.45) is 0 Å². The van der Waals surface area contributed by atoms with Gasteiger partial charge in [0.25, 0.3) is 5.91 Å². The molecule has 2 fully saturated rings. The third-order valence-corrected chi connectivity index (χ3v) is 7.14. The van der Waals surface area contributed by atoms with Gasteiger partial charge in [0.2, 0.25) is 0 Å². The molecule has 3 atom stereocenters. The summed E-state index contributed by atoms with van der Waals surface area (Å²) in [5, 5.41) is 0. The number of hydrogen-bond donors (Lipinski definition) is 0. The number of aryl methyl sites for hydroxylation is 1. The molecule has 170 valence electrons. The first-order valence-electron chi connectivity index (χ1n) is 11.5. The van der Waals surface area contributed by atoms with Crippen LogP contribution in [0.2, 0.25) is 0 Å². The van der Waals surface area contributed by atoms with Crippen LogP contribution in [0.1, 0.15) is 66.0 Å². The molecule has 1 amide bonds. The number of fused-ring (bicyclic) bond motifs is 2. The quantitative estimate of drug-likeness (QED) is 0.660. The summed E-state index contributed by atoms with van der Waals surface area (Å²) >= 11 is 0. The van der Waals surface area contributed by atoms with Crippen LogP contribution < -0.4 is 4.74 Å². The minimum atomic E-state index is 0.0174. The summed E-state index contributed by atoms with van der Waals surface area (Å²) in [7, 11) is 0. The largest absolute Gasteiger partial charge is 0.486 e. The van der Waals surface area contributed by atoms with Crippen molar-refractivity contribution in [2.75, 3.05) is 19.7 Å². The van der Waals surface area contributed by atoms with Gasteiger partial charge in [0, 0.05) is 43.1 Å². The van der Waals surface area contributed by atoms with Crippen LogP contribution in [0.3, 0.4) is 0 Å². The molecular weight excluding hydrogens is 402 g/mol. The number of amides is 1. The van der Waals surface area contributed by atoms with Gasteiger partial charge < -0.3 is 9.64 Å². The Bertz CT molecular complexity index is 1020. The highest BCUT2D eigenvalue weighted by atomic mass is 16.5. The number of pyridine rings is 1. The van der Waals surface area contributed by atoms with Crippen molar-refractivity contribution in [1.82, 2.24) is 14.8 Å². The summed E-state index contributed by atoms with van der Waals surface area (Å²) in [6.45, 7) is 11.8. The summed E-state index contributed by atoms with van der Waals surface area (Å²) < 4.78 is 5.67. The molecular formula is C26H33N3O3. The molecule has 3 heterocycles. The lowest BCUT2D eigenvalue weighted by Gasteiger charge is -2.38. The van der Waals surface area contributed by atoms with Crippen molar-refractivity contribution in [3.05, 3.63) is 58.4 Å². The number of rotatable bonds is 7. The van der Waals surface area contributed by atoms with Gasteiger partial charge in [-0.1, -0.05) is 13.0 Å². The van der Waals surface area contributed by atoms with Crippen LogP contribution in [0, 0.1) is 13.8 Å². The molecule has 0 spiro atoms. The first-order valence-corrected chi connectivity index (χ1v) is 11.5. The number of Topliss-reactive ketones (excluding diaryl/α,β-unsaturated/α-hetero) is 1. The van der Waals surface area contributed by atoms with Crippen LogP contribution >= 0.6 is 0 Å². The number of ether oxygens (including phenoxy) is 1. The highest BCUT2D eigenvalue weighted by molar-refractivity contribution is 5.94. The van der Waals surface area contributed by atoms with E-state index in [1.807, 2.05) is 23.1 Å². The standard InChI is InChI=1S/C26H33N3O3/c1-6-21-8-7-20(12-27-21)26(31)29-14-22-11-23(29)13-28(22)19(5)24-9-10-25(18(4)17(24)3)32-15-16(2)30/h7-10,12,19,22-23H,6,11,13-15H2,1-5H3/t19-,22+,23+/m0/s1. The predicted octanol–water partition coefficient (Wildman–Crippen LogP) is 3.89. The third kappa shape index (κ3) is 4.16. The van der Waals surface area contributed by atoms with E-state index in [0.29, 0.717) is 11.6 Å². The van der Waals surface area contributed by atoms with E-state index in [2.05, 4.69) is 43.6 Å². The fraction of sp³-hybridized carbons (Fsp3) is 0.500. The van der Waals surface area contributed by atoms with Crippen molar-refractivity contribution in [2.45, 2.75) is 65.6 Å². The average Bonchev–Trinajstić information content (AvgIpc) is 3.40. The molecule has 2 bridgehead atoms. The second kappa shape index (κ2) is 9.02. The normalized spacial score (nSPS) is 21.1. The molecule has 2 saturated heterocycles. The van der Waals surface area contributed by atoms with Crippen molar-refractivity contribution >= 4 is 11.7 Å². The van der Waals surface area contributed by atoms with E-state index >= 15 is 0 Å². The maximum atomic E-state index is 13.1. The Balaban J connectivity index is 1.44. The number of hydrogen-bond acceptors (Lipinski definition) is 5. The first kappa shape index (κ1) is 22.5. The molecule has 4 rings (SSSR count). The van der Waals surface area contributed by atoms with Gasteiger partial charge in [0.05, 0.1) is 5.56 Å². The maximum Gasteiger partial charge on any atom is 0.255 e. The summed E-state index contributed by atoms with van der Waals surface area (Å²) in [4.78, 5) is 33.3. The van der Waals surface area contributed by atoms with Gasteiger partial charge in [-0.05, 0) is 75.4 Å². The topological polar surface area (TPSA) is 62.7 Å². The Hall–Kier alpha value is -2.73. The number of aromatic nitrogens is 1.